The summed E-state index contributed by atoms with van der Waals surface area (Å²) in [6, 6.07) is 2.20. The van der Waals surface area contributed by atoms with Crippen LogP contribution in [0.1, 0.15) is 62.7 Å². The highest BCUT2D eigenvalue weighted by Gasteiger charge is 2.28. The maximum atomic E-state index is 6.13. The Labute approximate surface area is 138 Å². The van der Waals surface area contributed by atoms with Gasteiger partial charge in [-0.1, -0.05) is 30.9 Å². The van der Waals surface area contributed by atoms with Crippen molar-refractivity contribution in [3.8, 4) is 0 Å². The third-order valence-electron chi connectivity index (χ3n) is 4.21. The van der Waals surface area contributed by atoms with Crippen LogP contribution in [0.25, 0.3) is 0 Å². The van der Waals surface area contributed by atoms with Gasteiger partial charge in [0.15, 0.2) is 0 Å². The second-order valence-corrected chi connectivity index (χ2v) is 7.34. The summed E-state index contributed by atoms with van der Waals surface area (Å²) in [6.07, 6.45) is 8.42. The van der Waals surface area contributed by atoms with Crippen LogP contribution in [0, 0.1) is 0 Å². The Balaban J connectivity index is 1.57. The lowest BCUT2D eigenvalue weighted by Crippen LogP contribution is -2.15. The van der Waals surface area contributed by atoms with Crippen LogP contribution in [0.5, 0.6) is 0 Å². The van der Waals surface area contributed by atoms with Gasteiger partial charge in [0.2, 0.25) is 5.16 Å². The van der Waals surface area contributed by atoms with Gasteiger partial charge < -0.3 is 0 Å². The van der Waals surface area contributed by atoms with Crippen LogP contribution in [0.15, 0.2) is 16.2 Å². The van der Waals surface area contributed by atoms with Crippen LogP contribution in [0.4, 0.5) is 0 Å². The van der Waals surface area contributed by atoms with E-state index in [4.69, 9.17) is 11.6 Å². The molecule has 0 aliphatic heterocycles. The van der Waals surface area contributed by atoms with Crippen LogP contribution >= 0.6 is 23.4 Å². The van der Waals surface area contributed by atoms with E-state index in [1.165, 1.54) is 31.0 Å². The molecule has 2 aromatic rings. The van der Waals surface area contributed by atoms with Gasteiger partial charge >= 0.3 is 0 Å². The Morgan fingerprint density at radius 1 is 1.09 bits per heavy atom. The first-order valence-corrected chi connectivity index (χ1v) is 8.99. The molecule has 2 heterocycles. The van der Waals surface area contributed by atoms with Gasteiger partial charge in [-0.2, -0.15) is 0 Å². The first-order chi connectivity index (χ1) is 10.8. The van der Waals surface area contributed by atoms with Gasteiger partial charge in [0.1, 0.15) is 16.0 Å². The quantitative estimate of drug-likeness (QED) is 0.794. The number of aromatic nitrogens is 6. The summed E-state index contributed by atoms with van der Waals surface area (Å²) in [5, 5.41) is 14.3. The van der Waals surface area contributed by atoms with E-state index >= 15 is 0 Å². The van der Waals surface area contributed by atoms with Gasteiger partial charge in [0.05, 0.1) is 6.04 Å². The lowest BCUT2D eigenvalue weighted by Gasteiger charge is -2.21. The zero-order valence-electron chi connectivity index (χ0n) is 12.2. The van der Waals surface area contributed by atoms with Crippen molar-refractivity contribution in [2.45, 2.75) is 67.1 Å². The van der Waals surface area contributed by atoms with E-state index in [9.17, 15) is 0 Å². The molecule has 0 radical (unpaired) electrons. The molecule has 2 aliphatic rings. The molecule has 0 atom stereocenters. The Hall–Kier alpha value is -1.21. The predicted octanol–water partition coefficient (Wildman–Crippen LogP) is 3.65. The molecule has 2 aromatic heterocycles. The van der Waals surface area contributed by atoms with Gasteiger partial charge in [-0.3, -0.25) is 0 Å². The molecule has 4 rings (SSSR count). The lowest BCUT2D eigenvalue weighted by molar-refractivity contribution is 0.307. The minimum atomic E-state index is 0.409. The van der Waals surface area contributed by atoms with Crippen LogP contribution in [0.2, 0.25) is 5.15 Å². The molecular formula is C14H17ClN6S. The summed E-state index contributed by atoms with van der Waals surface area (Å²) in [6.45, 7) is 0. The van der Waals surface area contributed by atoms with Crippen molar-refractivity contribution in [1.29, 1.82) is 0 Å². The van der Waals surface area contributed by atoms with Crippen molar-refractivity contribution in [2.24, 2.45) is 0 Å². The SMILES string of the molecule is Clc1cc(Sc2nnnn2C2CCCCC2)nc(C2CC2)n1. The third kappa shape index (κ3) is 3.10. The van der Waals surface area contributed by atoms with Crippen LogP contribution < -0.4 is 0 Å². The maximum Gasteiger partial charge on any atom is 0.215 e. The minimum absolute atomic E-state index is 0.409. The molecule has 2 aliphatic carbocycles. The first kappa shape index (κ1) is 14.4. The molecule has 0 amide bonds. The van der Waals surface area contributed by atoms with E-state index in [1.54, 1.807) is 6.07 Å². The second kappa shape index (κ2) is 6.12. The summed E-state index contributed by atoms with van der Waals surface area (Å²) in [5.74, 6) is 1.33. The number of halogens is 1. The van der Waals surface area contributed by atoms with Crippen LogP contribution in [-0.4, -0.2) is 30.2 Å². The molecule has 0 N–H and O–H groups in total. The molecule has 2 fully saturated rings. The van der Waals surface area contributed by atoms with Crippen molar-refractivity contribution >= 4 is 23.4 Å². The number of tetrazole rings is 1. The predicted molar refractivity (Wildman–Crippen MR) is 83.1 cm³/mol. The first-order valence-electron chi connectivity index (χ1n) is 7.80. The molecule has 6 nitrogen and oxygen atoms in total. The van der Waals surface area contributed by atoms with E-state index in [2.05, 4.69) is 25.5 Å². The Morgan fingerprint density at radius 3 is 2.68 bits per heavy atom. The Bertz CT molecular complexity index is 665. The van der Waals surface area contributed by atoms with Crippen molar-refractivity contribution < 1.29 is 0 Å². The van der Waals surface area contributed by atoms with Crippen molar-refractivity contribution in [3.05, 3.63) is 17.0 Å². The highest BCUT2D eigenvalue weighted by atomic mass is 35.5. The van der Waals surface area contributed by atoms with Crippen molar-refractivity contribution in [1.82, 2.24) is 30.2 Å². The second-order valence-electron chi connectivity index (χ2n) is 5.96. The van der Waals surface area contributed by atoms with E-state index in [1.807, 2.05) is 4.68 Å². The van der Waals surface area contributed by atoms with Crippen molar-refractivity contribution in [2.75, 3.05) is 0 Å². The van der Waals surface area contributed by atoms with Crippen LogP contribution in [0.3, 0.4) is 0 Å². The summed E-state index contributed by atoms with van der Waals surface area (Å²) in [4.78, 5) is 8.94. The Morgan fingerprint density at radius 2 is 1.91 bits per heavy atom. The minimum Gasteiger partial charge on any atom is -0.226 e. The van der Waals surface area contributed by atoms with Gasteiger partial charge in [-0.15, -0.1) is 5.10 Å². The summed E-state index contributed by atoms with van der Waals surface area (Å²) in [7, 11) is 0. The molecule has 0 spiro atoms. The maximum absolute atomic E-state index is 6.13. The van der Waals surface area contributed by atoms with E-state index in [0.717, 1.165) is 41.7 Å². The third-order valence-corrected chi connectivity index (χ3v) is 5.27. The summed E-state index contributed by atoms with van der Waals surface area (Å²) >= 11 is 7.61. The van der Waals surface area contributed by atoms with Gasteiger partial charge in [-0.25, -0.2) is 14.6 Å². The zero-order chi connectivity index (χ0) is 14.9. The van der Waals surface area contributed by atoms with Gasteiger partial charge in [0.25, 0.3) is 0 Å². The molecule has 2 saturated carbocycles. The standard InChI is InChI=1S/C14H17ClN6S/c15-11-8-12(17-13(16-11)9-6-7-9)22-14-18-19-20-21(14)10-4-2-1-3-5-10/h8-10H,1-7H2. The molecular weight excluding hydrogens is 320 g/mol. The fraction of sp³-hybridized carbons (Fsp3) is 0.643. The number of nitrogens with zero attached hydrogens (tertiary/aromatic N) is 6. The Kier molecular flexibility index (Phi) is 4.00. The fourth-order valence-electron chi connectivity index (χ4n) is 2.89. The average molecular weight is 337 g/mol. The lowest BCUT2D eigenvalue weighted by atomic mass is 9.96. The van der Waals surface area contributed by atoms with Crippen molar-refractivity contribution in [3.63, 3.8) is 0 Å². The molecule has 22 heavy (non-hydrogen) atoms. The smallest absolute Gasteiger partial charge is 0.215 e. The van der Waals surface area contributed by atoms with Crippen LogP contribution in [-0.2, 0) is 0 Å². The average Bonchev–Trinajstić information content (AvgIpc) is 3.28. The number of hydrogen-bond donors (Lipinski definition) is 0. The topological polar surface area (TPSA) is 69.4 Å². The number of hydrogen-bond acceptors (Lipinski definition) is 6. The van der Waals surface area contributed by atoms with E-state index in [0.29, 0.717) is 17.1 Å². The largest absolute Gasteiger partial charge is 0.226 e. The molecule has 0 aromatic carbocycles. The summed E-state index contributed by atoms with van der Waals surface area (Å²) in [5.41, 5.74) is 0. The van der Waals surface area contributed by atoms with Gasteiger partial charge in [0, 0.05) is 12.0 Å². The molecule has 0 bridgehead atoms. The highest BCUT2D eigenvalue weighted by molar-refractivity contribution is 7.99. The summed E-state index contributed by atoms with van der Waals surface area (Å²) < 4.78 is 1.95. The zero-order valence-corrected chi connectivity index (χ0v) is 13.7. The normalized spacial score (nSPS) is 19.5. The number of rotatable bonds is 4. The van der Waals surface area contributed by atoms with E-state index < -0.39 is 0 Å². The molecule has 8 heteroatoms. The van der Waals surface area contributed by atoms with Gasteiger partial charge in [-0.05, 0) is 47.9 Å². The molecule has 0 unspecified atom stereocenters. The van der Waals surface area contributed by atoms with E-state index in [-0.39, 0.29) is 0 Å². The monoisotopic (exact) mass is 336 g/mol. The highest BCUT2D eigenvalue weighted by Crippen LogP contribution is 2.40. The molecule has 116 valence electrons. The fourth-order valence-corrected chi connectivity index (χ4v) is 4.00. The molecule has 0 saturated heterocycles.